The number of benzene rings is 1. The largest absolute Gasteiger partial charge is 0.497 e. The van der Waals surface area contributed by atoms with Gasteiger partial charge in [0, 0.05) is 42.7 Å². The number of hydrogen-bond acceptors (Lipinski definition) is 5. The molecule has 8 heteroatoms. The first-order valence-corrected chi connectivity index (χ1v) is 13.5. The van der Waals surface area contributed by atoms with Crippen LogP contribution in [0.5, 0.6) is 5.75 Å². The molecule has 1 aliphatic heterocycles. The van der Waals surface area contributed by atoms with Gasteiger partial charge in [0.2, 0.25) is 5.91 Å². The molecule has 2 fully saturated rings. The average molecular weight is 514 g/mol. The number of nitrogens with one attached hydrogen (secondary N) is 1. The molecule has 2 amide bonds. The smallest absolute Gasteiger partial charge is 0.255 e. The molecule has 0 bridgehead atoms. The fraction of sp³-hybridized carbons (Fsp3) is 0.467. The van der Waals surface area contributed by atoms with Crippen LogP contribution in [0.3, 0.4) is 0 Å². The number of nitrogens with zero attached hydrogens (tertiary/aromatic N) is 4. The van der Waals surface area contributed by atoms with Crippen LogP contribution in [-0.4, -0.2) is 46.0 Å². The number of amides is 2. The second kappa shape index (κ2) is 10.5. The van der Waals surface area contributed by atoms with Crippen molar-refractivity contribution in [2.45, 2.75) is 64.3 Å². The number of rotatable bonds is 5. The van der Waals surface area contributed by atoms with Crippen LogP contribution < -0.4 is 10.1 Å². The number of aryl methyl sites for hydroxylation is 2. The van der Waals surface area contributed by atoms with Crippen molar-refractivity contribution in [2.24, 2.45) is 13.0 Å². The highest BCUT2D eigenvalue weighted by Gasteiger charge is 2.35. The van der Waals surface area contributed by atoms with Crippen LogP contribution in [0.25, 0.3) is 11.0 Å². The van der Waals surface area contributed by atoms with Crippen molar-refractivity contribution >= 4 is 28.5 Å². The molecule has 0 spiro atoms. The van der Waals surface area contributed by atoms with E-state index in [-0.39, 0.29) is 17.9 Å². The van der Waals surface area contributed by atoms with Gasteiger partial charge in [-0.2, -0.15) is 5.26 Å². The lowest BCUT2D eigenvalue weighted by molar-refractivity contribution is -0.138. The van der Waals surface area contributed by atoms with Crippen molar-refractivity contribution in [1.29, 1.82) is 5.26 Å². The number of ether oxygens (including phenoxy) is 1. The predicted octanol–water partition coefficient (Wildman–Crippen LogP) is 5.30. The molecule has 5 rings (SSSR count). The minimum Gasteiger partial charge on any atom is -0.497 e. The van der Waals surface area contributed by atoms with Crippen molar-refractivity contribution in [1.82, 2.24) is 14.5 Å². The fourth-order valence-electron chi connectivity index (χ4n) is 6.27. The zero-order valence-electron chi connectivity index (χ0n) is 22.6. The molecule has 2 aliphatic rings. The molecule has 1 saturated carbocycles. The molecule has 198 valence electrons. The van der Waals surface area contributed by atoms with E-state index in [0.717, 1.165) is 48.8 Å². The Morgan fingerprint density at radius 1 is 1.18 bits per heavy atom. The fourth-order valence-corrected chi connectivity index (χ4v) is 6.27. The van der Waals surface area contributed by atoms with Gasteiger partial charge in [0.1, 0.15) is 11.4 Å². The van der Waals surface area contributed by atoms with E-state index < -0.39 is 0 Å². The SMILES string of the molecule is COc1cc(C#N)cc(C(=O)Nc2cnc3c(c([C@H]4CCN(C(=O)C5CCCC5)[C@@H](C)C4)cn3C)c2C)c1. The number of fused-ring (bicyclic) bond motifs is 1. The van der Waals surface area contributed by atoms with E-state index in [1.54, 1.807) is 24.4 Å². The molecule has 3 heterocycles. The molecule has 1 aromatic carbocycles. The Kier molecular flexibility index (Phi) is 7.11. The highest BCUT2D eigenvalue weighted by atomic mass is 16.5. The summed E-state index contributed by atoms with van der Waals surface area (Å²) in [5, 5.41) is 13.4. The Bertz CT molecular complexity index is 1430. The van der Waals surface area contributed by atoms with Crippen molar-refractivity contribution in [3.63, 3.8) is 0 Å². The summed E-state index contributed by atoms with van der Waals surface area (Å²) >= 11 is 0. The lowest BCUT2D eigenvalue weighted by atomic mass is 9.84. The van der Waals surface area contributed by atoms with Gasteiger partial charge in [0.25, 0.3) is 5.91 Å². The second-order valence-electron chi connectivity index (χ2n) is 10.8. The van der Waals surface area contributed by atoms with E-state index in [1.165, 1.54) is 25.5 Å². The minimum atomic E-state index is -0.325. The topological polar surface area (TPSA) is 100 Å². The lowest BCUT2D eigenvalue weighted by Gasteiger charge is -2.39. The van der Waals surface area contributed by atoms with Crippen molar-refractivity contribution in [3.05, 3.63) is 52.8 Å². The lowest BCUT2D eigenvalue weighted by Crippen LogP contribution is -2.46. The van der Waals surface area contributed by atoms with Crippen LogP contribution in [0, 0.1) is 24.2 Å². The molecule has 1 aliphatic carbocycles. The Morgan fingerprint density at radius 2 is 1.95 bits per heavy atom. The second-order valence-corrected chi connectivity index (χ2v) is 10.8. The van der Waals surface area contributed by atoms with Crippen LogP contribution >= 0.6 is 0 Å². The van der Waals surface area contributed by atoms with Gasteiger partial charge in [-0.05, 0) is 74.8 Å². The van der Waals surface area contributed by atoms with E-state index in [9.17, 15) is 14.9 Å². The van der Waals surface area contributed by atoms with E-state index in [1.807, 2.05) is 18.5 Å². The van der Waals surface area contributed by atoms with E-state index >= 15 is 0 Å². The van der Waals surface area contributed by atoms with Crippen LogP contribution in [-0.2, 0) is 11.8 Å². The number of carbonyl (C=O) groups excluding carboxylic acids is 2. The first-order chi connectivity index (χ1) is 18.3. The van der Waals surface area contributed by atoms with Crippen LogP contribution in [0.2, 0.25) is 0 Å². The number of likely N-dealkylation sites (tertiary alicyclic amines) is 1. The first-order valence-electron chi connectivity index (χ1n) is 13.5. The van der Waals surface area contributed by atoms with Gasteiger partial charge in [0.15, 0.2) is 0 Å². The summed E-state index contributed by atoms with van der Waals surface area (Å²) in [6.45, 7) is 4.96. The molecule has 2 aromatic heterocycles. The van der Waals surface area contributed by atoms with Crippen LogP contribution in [0.1, 0.15) is 78.4 Å². The molecular formula is C30H35N5O3. The van der Waals surface area contributed by atoms with Crippen LogP contribution in [0.4, 0.5) is 5.69 Å². The predicted molar refractivity (Wildman–Crippen MR) is 146 cm³/mol. The number of anilines is 1. The van der Waals surface area contributed by atoms with E-state index in [2.05, 4.69) is 29.4 Å². The molecule has 1 saturated heterocycles. The number of pyridine rings is 1. The van der Waals surface area contributed by atoms with Gasteiger partial charge in [-0.1, -0.05) is 12.8 Å². The van der Waals surface area contributed by atoms with Gasteiger partial charge in [0.05, 0.1) is 30.6 Å². The Balaban J connectivity index is 1.40. The number of nitriles is 1. The van der Waals surface area contributed by atoms with Gasteiger partial charge in [-0.25, -0.2) is 4.98 Å². The third-order valence-corrected chi connectivity index (χ3v) is 8.36. The average Bonchev–Trinajstić information content (AvgIpc) is 3.58. The normalized spacial score (nSPS) is 19.9. The number of methoxy groups -OCH3 is 1. The zero-order valence-corrected chi connectivity index (χ0v) is 22.6. The standard InChI is InChI=1S/C30H35N5O3/c1-18-11-22(9-10-35(18)30(37)21-7-5-6-8-21)25-17-34(3)28-27(25)19(2)26(16-32-28)33-29(36)23-12-20(15-31)13-24(14-23)38-4/h12-14,16-18,21-22H,5-11H2,1-4H3,(H,33,36)/t18-,22-/m0/s1. The van der Waals surface area contributed by atoms with Gasteiger partial charge >= 0.3 is 0 Å². The molecule has 3 aromatic rings. The Labute approximate surface area is 223 Å². The molecule has 38 heavy (non-hydrogen) atoms. The summed E-state index contributed by atoms with van der Waals surface area (Å²) in [5.41, 5.74) is 4.40. The van der Waals surface area contributed by atoms with Crippen molar-refractivity contribution < 1.29 is 14.3 Å². The molecule has 0 radical (unpaired) electrons. The van der Waals surface area contributed by atoms with Gasteiger partial charge < -0.3 is 19.5 Å². The first kappa shape index (κ1) is 25.8. The summed E-state index contributed by atoms with van der Waals surface area (Å²) in [6, 6.07) is 7.03. The number of hydrogen-bond donors (Lipinski definition) is 1. The summed E-state index contributed by atoms with van der Waals surface area (Å²) < 4.78 is 7.30. The summed E-state index contributed by atoms with van der Waals surface area (Å²) in [5.74, 6) is 0.986. The number of aromatic nitrogens is 2. The maximum Gasteiger partial charge on any atom is 0.255 e. The maximum absolute atomic E-state index is 13.1. The third kappa shape index (κ3) is 4.73. The minimum absolute atomic E-state index is 0.190. The monoisotopic (exact) mass is 513 g/mol. The molecule has 0 unspecified atom stereocenters. The van der Waals surface area contributed by atoms with Gasteiger partial charge in [-0.15, -0.1) is 0 Å². The third-order valence-electron chi connectivity index (χ3n) is 8.36. The highest BCUT2D eigenvalue weighted by Crippen LogP contribution is 2.40. The number of piperidine rings is 1. The van der Waals surface area contributed by atoms with E-state index in [0.29, 0.717) is 34.4 Å². The molecular weight excluding hydrogens is 478 g/mol. The summed E-state index contributed by atoms with van der Waals surface area (Å²) in [4.78, 5) is 33.1. The van der Waals surface area contributed by atoms with Crippen molar-refractivity contribution in [2.75, 3.05) is 19.0 Å². The molecule has 2 atom stereocenters. The summed E-state index contributed by atoms with van der Waals surface area (Å²) in [6.07, 6.45) is 10.1. The van der Waals surface area contributed by atoms with Crippen molar-refractivity contribution in [3.8, 4) is 11.8 Å². The quantitative estimate of drug-likeness (QED) is 0.499. The van der Waals surface area contributed by atoms with Gasteiger partial charge in [-0.3, -0.25) is 9.59 Å². The molecule has 1 N–H and O–H groups in total. The molecule has 8 nitrogen and oxygen atoms in total. The highest BCUT2D eigenvalue weighted by molar-refractivity contribution is 6.06. The van der Waals surface area contributed by atoms with Crippen LogP contribution in [0.15, 0.2) is 30.6 Å². The zero-order chi connectivity index (χ0) is 27.0. The summed E-state index contributed by atoms with van der Waals surface area (Å²) in [7, 11) is 3.51. The number of carbonyl (C=O) groups is 2. The maximum atomic E-state index is 13.1. The Hall–Kier alpha value is -3.86. The van der Waals surface area contributed by atoms with E-state index in [4.69, 9.17) is 9.72 Å². The Morgan fingerprint density at radius 3 is 2.63 bits per heavy atom.